The van der Waals surface area contributed by atoms with Crippen molar-refractivity contribution in [3.63, 3.8) is 0 Å². The Morgan fingerprint density at radius 3 is 2.42 bits per heavy atom. The third-order valence-corrected chi connectivity index (χ3v) is 4.04. The summed E-state index contributed by atoms with van der Waals surface area (Å²) in [5.41, 5.74) is 6.63. The minimum Gasteiger partial charge on any atom is -0.382 e. The summed E-state index contributed by atoms with van der Waals surface area (Å²) in [6.07, 6.45) is 8.93. The molecule has 1 aliphatic rings. The number of carbonyl (C=O) groups is 1. The van der Waals surface area contributed by atoms with Crippen molar-refractivity contribution in [3.05, 3.63) is 28.8 Å². The number of anilines is 1. The molecule has 1 aromatic rings. The Labute approximate surface area is 119 Å². The molecule has 0 saturated heterocycles. The fraction of sp³-hybridized carbons (Fsp3) is 0.533. The Kier molecular flexibility index (Phi) is 5.08. The number of nitrogens with two attached hydrogens (primary N) is 1. The highest BCUT2D eigenvalue weighted by molar-refractivity contribution is 6.33. The molecule has 1 aliphatic carbocycles. The molecule has 3 N–H and O–H groups in total. The van der Waals surface area contributed by atoms with E-state index in [4.69, 9.17) is 17.3 Å². The number of hydrogen-bond acceptors (Lipinski definition) is 2. The van der Waals surface area contributed by atoms with Crippen molar-refractivity contribution in [1.29, 1.82) is 0 Å². The maximum atomic E-state index is 11.3. The van der Waals surface area contributed by atoms with Crippen molar-refractivity contribution in [1.82, 2.24) is 0 Å². The summed E-state index contributed by atoms with van der Waals surface area (Å²) in [6.45, 7) is 0. The fourth-order valence-electron chi connectivity index (χ4n) is 2.64. The molecule has 0 bridgehead atoms. The first-order valence-electron chi connectivity index (χ1n) is 7.02. The zero-order valence-corrected chi connectivity index (χ0v) is 11.9. The molecule has 0 unspecified atom stereocenters. The van der Waals surface area contributed by atoms with E-state index < -0.39 is 5.91 Å². The minimum atomic E-state index is -0.480. The largest absolute Gasteiger partial charge is 0.382 e. The van der Waals surface area contributed by atoms with Gasteiger partial charge in [0, 0.05) is 11.7 Å². The van der Waals surface area contributed by atoms with Gasteiger partial charge in [-0.05, 0) is 31.0 Å². The van der Waals surface area contributed by atoms with Gasteiger partial charge < -0.3 is 11.1 Å². The summed E-state index contributed by atoms with van der Waals surface area (Å²) in [5.74, 6) is -0.480. The van der Waals surface area contributed by atoms with Crippen LogP contribution in [0.1, 0.15) is 55.3 Å². The average Bonchev–Trinajstić information content (AvgIpc) is 2.34. The van der Waals surface area contributed by atoms with Crippen LogP contribution in [0.25, 0.3) is 0 Å². The van der Waals surface area contributed by atoms with Gasteiger partial charge in [0.05, 0.1) is 10.6 Å². The number of nitrogens with one attached hydrogen (secondary N) is 1. The lowest BCUT2D eigenvalue weighted by Crippen LogP contribution is -2.21. The van der Waals surface area contributed by atoms with Crippen molar-refractivity contribution in [2.45, 2.75) is 51.0 Å². The maximum absolute atomic E-state index is 11.3. The molecule has 1 amide bonds. The lowest BCUT2D eigenvalue weighted by Gasteiger charge is -2.22. The fourth-order valence-corrected chi connectivity index (χ4v) is 2.85. The molecule has 104 valence electrons. The zero-order valence-electron chi connectivity index (χ0n) is 11.1. The van der Waals surface area contributed by atoms with Crippen LogP contribution in [-0.2, 0) is 0 Å². The Bertz CT molecular complexity index is 440. The molecular formula is C15H21ClN2O. The van der Waals surface area contributed by atoms with Gasteiger partial charge in [-0.3, -0.25) is 4.79 Å². The van der Waals surface area contributed by atoms with E-state index in [0.717, 1.165) is 5.69 Å². The van der Waals surface area contributed by atoms with Crippen molar-refractivity contribution >= 4 is 23.2 Å². The number of hydrogen-bond donors (Lipinski definition) is 2. The summed E-state index contributed by atoms with van der Waals surface area (Å²) < 4.78 is 0. The van der Waals surface area contributed by atoms with Gasteiger partial charge in [-0.15, -0.1) is 0 Å². The second-order valence-electron chi connectivity index (χ2n) is 5.25. The average molecular weight is 281 g/mol. The lowest BCUT2D eigenvalue weighted by molar-refractivity contribution is 0.100. The van der Waals surface area contributed by atoms with Crippen LogP contribution in [0.2, 0.25) is 5.02 Å². The van der Waals surface area contributed by atoms with E-state index in [1.807, 2.05) is 6.07 Å². The second-order valence-corrected chi connectivity index (χ2v) is 5.65. The predicted octanol–water partition coefficient (Wildman–Crippen LogP) is 3.96. The molecule has 1 fully saturated rings. The van der Waals surface area contributed by atoms with Gasteiger partial charge in [-0.25, -0.2) is 0 Å². The number of rotatable bonds is 3. The minimum absolute atomic E-state index is 0.387. The van der Waals surface area contributed by atoms with Gasteiger partial charge in [-0.1, -0.05) is 43.7 Å². The van der Waals surface area contributed by atoms with Crippen LogP contribution in [0.15, 0.2) is 18.2 Å². The molecule has 4 heteroatoms. The molecule has 0 radical (unpaired) electrons. The molecule has 1 saturated carbocycles. The molecule has 0 heterocycles. The SMILES string of the molecule is NC(=O)c1cc(NC2CCCCCCC2)ccc1Cl. The van der Waals surface area contributed by atoms with Gasteiger partial charge in [0.25, 0.3) is 0 Å². The summed E-state index contributed by atoms with van der Waals surface area (Å²) in [7, 11) is 0. The number of halogens is 1. The normalized spacial score (nSPS) is 17.5. The van der Waals surface area contributed by atoms with E-state index in [2.05, 4.69) is 5.32 Å². The predicted molar refractivity (Wildman–Crippen MR) is 79.7 cm³/mol. The highest BCUT2D eigenvalue weighted by atomic mass is 35.5. The number of benzene rings is 1. The van der Waals surface area contributed by atoms with E-state index in [1.54, 1.807) is 12.1 Å². The third-order valence-electron chi connectivity index (χ3n) is 3.71. The summed E-state index contributed by atoms with van der Waals surface area (Å²) in [5, 5.41) is 3.92. The molecule has 2 rings (SSSR count). The maximum Gasteiger partial charge on any atom is 0.250 e. The van der Waals surface area contributed by atoms with Crippen LogP contribution in [0, 0.1) is 0 Å². The molecule has 0 aromatic heterocycles. The van der Waals surface area contributed by atoms with Crippen LogP contribution in [0.3, 0.4) is 0 Å². The molecule has 19 heavy (non-hydrogen) atoms. The Morgan fingerprint density at radius 1 is 1.16 bits per heavy atom. The molecule has 1 aromatic carbocycles. The Hall–Kier alpha value is -1.22. The van der Waals surface area contributed by atoms with Gasteiger partial charge in [0.1, 0.15) is 0 Å². The van der Waals surface area contributed by atoms with E-state index in [1.165, 1.54) is 44.9 Å². The summed E-state index contributed by atoms with van der Waals surface area (Å²) in [6, 6.07) is 5.88. The highest BCUT2D eigenvalue weighted by Gasteiger charge is 2.13. The van der Waals surface area contributed by atoms with Gasteiger partial charge >= 0.3 is 0 Å². The van der Waals surface area contributed by atoms with E-state index >= 15 is 0 Å². The van der Waals surface area contributed by atoms with Crippen molar-refractivity contribution < 1.29 is 4.79 Å². The monoisotopic (exact) mass is 280 g/mol. The highest BCUT2D eigenvalue weighted by Crippen LogP contribution is 2.24. The quantitative estimate of drug-likeness (QED) is 0.880. The first-order valence-corrected chi connectivity index (χ1v) is 7.40. The third kappa shape index (κ3) is 4.13. The molecular weight excluding hydrogens is 260 g/mol. The summed E-state index contributed by atoms with van der Waals surface area (Å²) >= 11 is 5.95. The van der Waals surface area contributed by atoms with Crippen molar-refractivity contribution in [2.24, 2.45) is 5.73 Å². The molecule has 3 nitrogen and oxygen atoms in total. The first kappa shape index (κ1) is 14.2. The second kappa shape index (κ2) is 6.80. The topological polar surface area (TPSA) is 55.1 Å². The van der Waals surface area contributed by atoms with Crippen molar-refractivity contribution in [3.8, 4) is 0 Å². The lowest BCUT2D eigenvalue weighted by atomic mass is 9.96. The van der Waals surface area contributed by atoms with E-state index in [0.29, 0.717) is 16.6 Å². The van der Waals surface area contributed by atoms with Gasteiger partial charge in [-0.2, -0.15) is 0 Å². The Morgan fingerprint density at radius 2 is 1.79 bits per heavy atom. The van der Waals surface area contributed by atoms with Crippen LogP contribution >= 0.6 is 11.6 Å². The number of carbonyl (C=O) groups excluding carboxylic acids is 1. The first-order chi connectivity index (χ1) is 9.16. The standard InChI is InChI=1S/C15H21ClN2O/c16-14-9-8-12(10-13(14)15(17)19)18-11-6-4-2-1-3-5-7-11/h8-11,18H,1-7H2,(H2,17,19). The Balaban J connectivity index is 2.05. The number of amides is 1. The van der Waals surface area contributed by atoms with E-state index in [9.17, 15) is 4.79 Å². The molecule has 0 atom stereocenters. The van der Waals surface area contributed by atoms with Crippen molar-refractivity contribution in [2.75, 3.05) is 5.32 Å². The smallest absolute Gasteiger partial charge is 0.250 e. The molecule has 0 aliphatic heterocycles. The van der Waals surface area contributed by atoms with Crippen LogP contribution < -0.4 is 11.1 Å². The van der Waals surface area contributed by atoms with Crippen LogP contribution in [0.5, 0.6) is 0 Å². The number of primary amides is 1. The van der Waals surface area contributed by atoms with E-state index in [-0.39, 0.29) is 0 Å². The van der Waals surface area contributed by atoms with Crippen LogP contribution in [0.4, 0.5) is 5.69 Å². The molecule has 0 spiro atoms. The van der Waals surface area contributed by atoms with Gasteiger partial charge in [0.2, 0.25) is 5.91 Å². The van der Waals surface area contributed by atoms with Gasteiger partial charge in [0.15, 0.2) is 0 Å². The summed E-state index contributed by atoms with van der Waals surface area (Å²) in [4.78, 5) is 11.3. The van der Waals surface area contributed by atoms with Crippen LogP contribution in [-0.4, -0.2) is 11.9 Å². The zero-order chi connectivity index (χ0) is 13.7.